The van der Waals surface area contributed by atoms with E-state index in [1.807, 2.05) is 31.2 Å². The summed E-state index contributed by atoms with van der Waals surface area (Å²) < 4.78 is 1.72. The molecule has 2 rings (SSSR count). The van der Waals surface area contributed by atoms with Gasteiger partial charge >= 0.3 is 5.97 Å². The normalized spacial score (nSPS) is 10.4. The van der Waals surface area contributed by atoms with E-state index in [1.165, 1.54) is 6.20 Å². The van der Waals surface area contributed by atoms with Crippen molar-refractivity contribution in [3.8, 4) is 11.4 Å². The summed E-state index contributed by atoms with van der Waals surface area (Å²) in [7, 11) is 1.79. The van der Waals surface area contributed by atoms with Crippen LogP contribution in [0.1, 0.15) is 16.1 Å². The summed E-state index contributed by atoms with van der Waals surface area (Å²) in [4.78, 5) is 14.8. The first-order valence-corrected chi connectivity index (χ1v) is 4.91. The summed E-state index contributed by atoms with van der Waals surface area (Å²) in [5, 5.41) is 8.84. The van der Waals surface area contributed by atoms with E-state index in [4.69, 9.17) is 5.11 Å². The molecule has 1 heterocycles. The van der Waals surface area contributed by atoms with Crippen molar-refractivity contribution in [1.82, 2.24) is 9.55 Å². The van der Waals surface area contributed by atoms with Crippen molar-refractivity contribution in [3.63, 3.8) is 0 Å². The number of aryl methyl sites for hydroxylation is 2. The highest BCUT2D eigenvalue weighted by Gasteiger charge is 2.12. The molecule has 16 heavy (non-hydrogen) atoms. The van der Waals surface area contributed by atoms with Gasteiger partial charge in [0.15, 0.2) is 5.69 Å². The molecule has 82 valence electrons. The zero-order valence-corrected chi connectivity index (χ0v) is 9.14. The molecule has 0 aliphatic carbocycles. The van der Waals surface area contributed by atoms with Crippen molar-refractivity contribution in [1.29, 1.82) is 0 Å². The van der Waals surface area contributed by atoms with E-state index in [-0.39, 0.29) is 5.69 Å². The highest BCUT2D eigenvalue weighted by atomic mass is 16.4. The third-order valence-electron chi connectivity index (χ3n) is 2.41. The van der Waals surface area contributed by atoms with Crippen LogP contribution >= 0.6 is 0 Å². The molecule has 2 aromatic rings. The number of carbonyl (C=O) groups is 1. The van der Waals surface area contributed by atoms with Gasteiger partial charge in [0.1, 0.15) is 5.82 Å². The minimum absolute atomic E-state index is 0.0677. The number of carboxylic acids is 1. The zero-order chi connectivity index (χ0) is 11.7. The predicted molar refractivity (Wildman–Crippen MR) is 60.3 cm³/mol. The van der Waals surface area contributed by atoms with E-state index in [9.17, 15) is 4.79 Å². The van der Waals surface area contributed by atoms with Crippen LogP contribution in [-0.4, -0.2) is 20.6 Å². The van der Waals surface area contributed by atoms with Crippen LogP contribution in [0.25, 0.3) is 11.4 Å². The van der Waals surface area contributed by atoms with Gasteiger partial charge in [0.05, 0.1) is 0 Å². The Balaban J connectivity index is 2.47. The van der Waals surface area contributed by atoms with Crippen LogP contribution in [0.3, 0.4) is 0 Å². The van der Waals surface area contributed by atoms with E-state index in [0.29, 0.717) is 5.82 Å². The lowest BCUT2D eigenvalue weighted by atomic mass is 10.1. The van der Waals surface area contributed by atoms with Crippen molar-refractivity contribution in [2.75, 3.05) is 0 Å². The summed E-state index contributed by atoms with van der Waals surface area (Å²) in [5.74, 6) is -0.341. The van der Waals surface area contributed by atoms with E-state index in [0.717, 1.165) is 11.1 Å². The average molecular weight is 216 g/mol. The van der Waals surface area contributed by atoms with Gasteiger partial charge < -0.3 is 9.67 Å². The van der Waals surface area contributed by atoms with E-state index < -0.39 is 5.97 Å². The van der Waals surface area contributed by atoms with Crippen LogP contribution in [0.2, 0.25) is 0 Å². The van der Waals surface area contributed by atoms with Crippen molar-refractivity contribution >= 4 is 5.97 Å². The van der Waals surface area contributed by atoms with Crippen molar-refractivity contribution in [2.45, 2.75) is 6.92 Å². The summed E-state index contributed by atoms with van der Waals surface area (Å²) in [6.07, 6.45) is 1.51. The summed E-state index contributed by atoms with van der Waals surface area (Å²) in [5.41, 5.74) is 2.15. The molecule has 0 aliphatic heterocycles. The van der Waals surface area contributed by atoms with Gasteiger partial charge in [0.25, 0.3) is 0 Å². The number of hydrogen-bond acceptors (Lipinski definition) is 2. The third-order valence-corrected chi connectivity index (χ3v) is 2.41. The molecule has 0 spiro atoms. The van der Waals surface area contributed by atoms with Crippen LogP contribution in [0, 0.1) is 6.92 Å². The Labute approximate surface area is 93.2 Å². The first kappa shape index (κ1) is 10.4. The molecule has 4 nitrogen and oxygen atoms in total. The lowest BCUT2D eigenvalue weighted by Gasteiger charge is -2.01. The molecule has 0 unspecified atom stereocenters. The van der Waals surface area contributed by atoms with Crippen LogP contribution in [0.15, 0.2) is 30.5 Å². The standard InChI is InChI=1S/C12H12N2O2/c1-8-3-5-9(6-4-8)11-13-10(12(15)16)7-14(11)2/h3-7H,1-2H3,(H,15,16). The highest BCUT2D eigenvalue weighted by Crippen LogP contribution is 2.18. The van der Waals surface area contributed by atoms with E-state index in [1.54, 1.807) is 11.6 Å². The molecule has 0 saturated heterocycles. The topological polar surface area (TPSA) is 55.1 Å². The highest BCUT2D eigenvalue weighted by molar-refractivity contribution is 5.86. The molecule has 0 aliphatic rings. The van der Waals surface area contributed by atoms with Crippen molar-refractivity contribution in [3.05, 3.63) is 41.7 Å². The number of nitrogens with zero attached hydrogens (tertiary/aromatic N) is 2. The second-order valence-electron chi connectivity index (χ2n) is 3.73. The van der Waals surface area contributed by atoms with Gasteiger partial charge in [0.2, 0.25) is 0 Å². The molecule has 0 bridgehead atoms. The van der Waals surface area contributed by atoms with Gasteiger partial charge in [-0.05, 0) is 6.92 Å². The molecular formula is C12H12N2O2. The second-order valence-corrected chi connectivity index (χ2v) is 3.73. The Morgan fingerprint density at radius 3 is 2.44 bits per heavy atom. The minimum atomic E-state index is -1.01. The monoisotopic (exact) mass is 216 g/mol. The first-order valence-electron chi connectivity index (χ1n) is 4.91. The molecule has 4 heteroatoms. The average Bonchev–Trinajstić information content (AvgIpc) is 2.62. The summed E-state index contributed by atoms with van der Waals surface area (Å²) in [6, 6.07) is 7.82. The number of benzene rings is 1. The number of hydrogen-bond donors (Lipinski definition) is 1. The Morgan fingerprint density at radius 2 is 1.94 bits per heavy atom. The molecule has 1 N–H and O–H groups in total. The molecule has 0 saturated carbocycles. The van der Waals surface area contributed by atoms with Crippen LogP contribution in [-0.2, 0) is 7.05 Å². The lowest BCUT2D eigenvalue weighted by molar-refractivity contribution is 0.0691. The van der Waals surface area contributed by atoms with Crippen molar-refractivity contribution < 1.29 is 9.90 Å². The molecular weight excluding hydrogens is 204 g/mol. The van der Waals surface area contributed by atoms with Gasteiger partial charge in [0, 0.05) is 18.8 Å². The predicted octanol–water partition coefficient (Wildman–Crippen LogP) is 2.09. The molecule has 0 atom stereocenters. The van der Waals surface area contributed by atoms with Gasteiger partial charge in [-0.1, -0.05) is 29.8 Å². The zero-order valence-electron chi connectivity index (χ0n) is 9.14. The smallest absolute Gasteiger partial charge is 0.356 e. The van der Waals surface area contributed by atoms with Crippen LogP contribution in [0.4, 0.5) is 0 Å². The number of aromatic nitrogens is 2. The maximum absolute atomic E-state index is 10.8. The van der Waals surface area contributed by atoms with E-state index >= 15 is 0 Å². The van der Waals surface area contributed by atoms with Crippen molar-refractivity contribution in [2.24, 2.45) is 7.05 Å². The third kappa shape index (κ3) is 1.82. The molecule has 1 aromatic carbocycles. The fraction of sp³-hybridized carbons (Fsp3) is 0.167. The first-order chi connectivity index (χ1) is 7.58. The quantitative estimate of drug-likeness (QED) is 0.836. The summed E-state index contributed by atoms with van der Waals surface area (Å²) in [6.45, 7) is 2.00. The Morgan fingerprint density at radius 1 is 1.31 bits per heavy atom. The Bertz CT molecular complexity index is 526. The molecule has 1 aromatic heterocycles. The second kappa shape index (κ2) is 3.81. The minimum Gasteiger partial charge on any atom is -0.476 e. The molecule has 0 amide bonds. The summed E-state index contributed by atoms with van der Waals surface area (Å²) >= 11 is 0. The SMILES string of the molecule is Cc1ccc(-c2nc(C(=O)O)cn2C)cc1. The van der Waals surface area contributed by atoms with Crippen LogP contribution < -0.4 is 0 Å². The molecule has 0 fully saturated rings. The van der Waals surface area contributed by atoms with E-state index in [2.05, 4.69) is 4.98 Å². The van der Waals surface area contributed by atoms with Gasteiger partial charge in [-0.3, -0.25) is 0 Å². The number of aromatic carboxylic acids is 1. The lowest BCUT2D eigenvalue weighted by Crippen LogP contribution is -1.95. The Hall–Kier alpha value is -2.10. The number of rotatable bonds is 2. The fourth-order valence-corrected chi connectivity index (χ4v) is 1.54. The fourth-order valence-electron chi connectivity index (χ4n) is 1.54. The maximum atomic E-state index is 10.8. The number of imidazole rings is 1. The maximum Gasteiger partial charge on any atom is 0.356 e. The van der Waals surface area contributed by atoms with Gasteiger partial charge in [-0.15, -0.1) is 0 Å². The van der Waals surface area contributed by atoms with Gasteiger partial charge in [-0.25, -0.2) is 9.78 Å². The molecule has 0 radical (unpaired) electrons. The number of carboxylic acid groups (broad SMARTS) is 1. The Kier molecular flexibility index (Phi) is 2.48. The van der Waals surface area contributed by atoms with Gasteiger partial charge in [-0.2, -0.15) is 0 Å². The largest absolute Gasteiger partial charge is 0.476 e. The van der Waals surface area contributed by atoms with Crippen LogP contribution in [0.5, 0.6) is 0 Å².